The molecule has 108 valence electrons. The maximum absolute atomic E-state index is 12.1. The van der Waals surface area contributed by atoms with Gasteiger partial charge in [0.1, 0.15) is 0 Å². The van der Waals surface area contributed by atoms with Crippen LogP contribution in [0.4, 0.5) is 5.69 Å². The van der Waals surface area contributed by atoms with E-state index >= 15 is 0 Å². The summed E-state index contributed by atoms with van der Waals surface area (Å²) < 4.78 is 0. The molecule has 1 aromatic carbocycles. The Bertz CT molecular complexity index is 486. The first-order chi connectivity index (χ1) is 9.34. The number of benzene rings is 1. The smallest absolute Gasteiger partial charge is 0.239 e. The number of amidine groups is 1. The van der Waals surface area contributed by atoms with Crippen LogP contribution in [-0.2, 0) is 4.79 Å². The molecule has 3 nitrogen and oxygen atoms in total. The summed E-state index contributed by atoms with van der Waals surface area (Å²) in [6, 6.07) is 10.3. The van der Waals surface area contributed by atoms with Crippen molar-refractivity contribution in [3.63, 3.8) is 0 Å². The van der Waals surface area contributed by atoms with Gasteiger partial charge in [0.2, 0.25) is 5.91 Å². The highest BCUT2D eigenvalue weighted by molar-refractivity contribution is 8.15. The summed E-state index contributed by atoms with van der Waals surface area (Å²) in [4.78, 5) is 18.7. The van der Waals surface area contributed by atoms with E-state index < -0.39 is 0 Å². The van der Waals surface area contributed by atoms with Crippen molar-refractivity contribution >= 4 is 40.9 Å². The average Bonchev–Trinajstić information content (AvgIpc) is 2.82. The summed E-state index contributed by atoms with van der Waals surface area (Å²) in [5, 5.41) is 0.892. The van der Waals surface area contributed by atoms with Crippen molar-refractivity contribution in [1.29, 1.82) is 0 Å². The first-order valence-corrected chi connectivity index (χ1v) is 7.92. The Hall–Kier alpha value is -1.00. The van der Waals surface area contributed by atoms with Crippen molar-refractivity contribution in [3.05, 3.63) is 30.3 Å². The van der Waals surface area contributed by atoms with Gasteiger partial charge in [-0.15, -0.1) is 12.4 Å². The van der Waals surface area contributed by atoms with Gasteiger partial charge in [0.25, 0.3) is 0 Å². The van der Waals surface area contributed by atoms with Crippen molar-refractivity contribution in [2.45, 2.75) is 38.1 Å². The lowest BCUT2D eigenvalue weighted by molar-refractivity contribution is -0.126. The lowest BCUT2D eigenvalue weighted by Gasteiger charge is -2.30. The van der Waals surface area contributed by atoms with Gasteiger partial charge in [-0.2, -0.15) is 0 Å². The molecule has 1 aliphatic heterocycles. The SMILES string of the molecule is Cl.O=C1CSC(=Nc2ccccc2)N1C1CCCCC1. The van der Waals surface area contributed by atoms with E-state index in [4.69, 9.17) is 0 Å². The lowest BCUT2D eigenvalue weighted by Crippen LogP contribution is -2.40. The fourth-order valence-electron chi connectivity index (χ4n) is 2.77. The van der Waals surface area contributed by atoms with Gasteiger partial charge in [0.05, 0.1) is 11.4 Å². The van der Waals surface area contributed by atoms with Gasteiger partial charge in [-0.1, -0.05) is 49.2 Å². The maximum Gasteiger partial charge on any atom is 0.239 e. The van der Waals surface area contributed by atoms with Crippen molar-refractivity contribution in [3.8, 4) is 0 Å². The zero-order valence-corrected chi connectivity index (χ0v) is 13.0. The molecule has 2 fully saturated rings. The third kappa shape index (κ3) is 3.36. The highest BCUT2D eigenvalue weighted by Crippen LogP contribution is 2.31. The zero-order valence-electron chi connectivity index (χ0n) is 11.3. The van der Waals surface area contributed by atoms with E-state index in [0.29, 0.717) is 11.8 Å². The van der Waals surface area contributed by atoms with E-state index in [1.54, 1.807) is 11.8 Å². The number of hydrogen-bond donors (Lipinski definition) is 0. The summed E-state index contributed by atoms with van der Waals surface area (Å²) in [5.74, 6) is 0.772. The van der Waals surface area contributed by atoms with Crippen LogP contribution in [0.3, 0.4) is 0 Å². The summed E-state index contributed by atoms with van der Waals surface area (Å²) in [6.45, 7) is 0. The van der Waals surface area contributed by atoms with E-state index in [-0.39, 0.29) is 18.3 Å². The highest BCUT2D eigenvalue weighted by Gasteiger charge is 2.34. The van der Waals surface area contributed by atoms with Gasteiger partial charge in [-0.05, 0) is 25.0 Å². The molecule has 1 amide bonds. The van der Waals surface area contributed by atoms with Gasteiger partial charge < -0.3 is 0 Å². The Morgan fingerprint density at radius 2 is 1.80 bits per heavy atom. The molecule has 0 aromatic heterocycles. The average molecular weight is 311 g/mol. The number of hydrogen-bond acceptors (Lipinski definition) is 3. The minimum Gasteiger partial charge on any atom is -0.287 e. The van der Waals surface area contributed by atoms with Crippen LogP contribution in [0.25, 0.3) is 0 Å². The standard InChI is InChI=1S/C15H18N2OS.ClH/c18-14-11-19-15(16-12-7-3-1-4-8-12)17(14)13-9-5-2-6-10-13;/h1,3-4,7-8,13H,2,5-6,9-11H2;1H. The number of nitrogens with zero attached hydrogens (tertiary/aromatic N) is 2. The number of rotatable bonds is 2. The maximum atomic E-state index is 12.1. The Morgan fingerprint density at radius 3 is 2.50 bits per heavy atom. The van der Waals surface area contributed by atoms with Gasteiger partial charge >= 0.3 is 0 Å². The number of halogens is 1. The van der Waals surface area contributed by atoms with Crippen LogP contribution in [0.2, 0.25) is 0 Å². The highest BCUT2D eigenvalue weighted by atomic mass is 35.5. The summed E-state index contributed by atoms with van der Waals surface area (Å²) in [5.41, 5.74) is 0.931. The van der Waals surface area contributed by atoms with E-state index in [0.717, 1.165) is 23.7 Å². The monoisotopic (exact) mass is 310 g/mol. The molecule has 0 spiro atoms. The second kappa shape index (κ2) is 7.14. The molecule has 1 aromatic rings. The van der Waals surface area contributed by atoms with Crippen LogP contribution < -0.4 is 0 Å². The van der Waals surface area contributed by atoms with Gasteiger partial charge in [-0.3, -0.25) is 9.69 Å². The predicted molar refractivity (Wildman–Crippen MR) is 87.0 cm³/mol. The van der Waals surface area contributed by atoms with Gasteiger partial charge in [-0.25, -0.2) is 4.99 Å². The van der Waals surface area contributed by atoms with Crippen molar-refractivity contribution < 1.29 is 4.79 Å². The summed E-state index contributed by atoms with van der Waals surface area (Å²) in [7, 11) is 0. The molecule has 1 saturated heterocycles. The Morgan fingerprint density at radius 1 is 1.10 bits per heavy atom. The Kier molecular flexibility index (Phi) is 5.49. The quantitative estimate of drug-likeness (QED) is 0.827. The minimum absolute atomic E-state index is 0. The molecule has 3 rings (SSSR count). The second-order valence-electron chi connectivity index (χ2n) is 5.07. The molecule has 1 aliphatic carbocycles. The van der Waals surface area contributed by atoms with Crippen LogP contribution in [0.1, 0.15) is 32.1 Å². The summed E-state index contributed by atoms with van der Waals surface area (Å²) in [6.07, 6.45) is 6.02. The number of para-hydroxylation sites is 1. The van der Waals surface area contributed by atoms with Crippen molar-refractivity contribution in [1.82, 2.24) is 4.90 Å². The van der Waals surface area contributed by atoms with Gasteiger partial charge in [0, 0.05) is 6.04 Å². The fraction of sp³-hybridized carbons (Fsp3) is 0.467. The van der Waals surface area contributed by atoms with Gasteiger partial charge in [0.15, 0.2) is 5.17 Å². The molecule has 1 heterocycles. The fourth-order valence-corrected chi connectivity index (χ4v) is 3.72. The molecule has 0 N–H and O–H groups in total. The molecule has 2 aliphatic rings. The number of aliphatic imine (C=N–C) groups is 1. The minimum atomic E-state index is 0. The van der Waals surface area contributed by atoms with E-state index in [9.17, 15) is 4.79 Å². The number of carbonyl (C=O) groups excluding carboxylic acids is 1. The molecule has 0 unspecified atom stereocenters. The number of carbonyl (C=O) groups is 1. The molecular weight excluding hydrogens is 292 g/mol. The second-order valence-corrected chi connectivity index (χ2v) is 6.02. The summed E-state index contributed by atoms with van der Waals surface area (Å²) >= 11 is 1.57. The topological polar surface area (TPSA) is 32.7 Å². The first kappa shape index (κ1) is 15.4. The third-order valence-electron chi connectivity index (χ3n) is 3.72. The number of thioether (sulfide) groups is 1. The normalized spacial score (nSPS) is 22.1. The third-order valence-corrected chi connectivity index (χ3v) is 4.66. The lowest BCUT2D eigenvalue weighted by atomic mass is 9.94. The van der Waals surface area contributed by atoms with Crippen LogP contribution in [0, 0.1) is 0 Å². The largest absolute Gasteiger partial charge is 0.287 e. The molecule has 0 radical (unpaired) electrons. The van der Waals surface area contributed by atoms with Crippen LogP contribution in [0.5, 0.6) is 0 Å². The Balaban J connectivity index is 0.00000147. The molecule has 1 saturated carbocycles. The van der Waals surface area contributed by atoms with Crippen LogP contribution >= 0.6 is 24.2 Å². The molecule has 0 atom stereocenters. The number of amides is 1. The molecule has 20 heavy (non-hydrogen) atoms. The van der Waals surface area contributed by atoms with E-state index in [2.05, 4.69) is 4.99 Å². The Labute approximate surface area is 130 Å². The zero-order chi connectivity index (χ0) is 13.1. The molecule has 0 bridgehead atoms. The van der Waals surface area contributed by atoms with E-state index in [1.807, 2.05) is 35.2 Å². The molecule has 5 heteroatoms. The predicted octanol–water partition coefficient (Wildman–Crippen LogP) is 4.00. The van der Waals surface area contributed by atoms with Crippen LogP contribution in [0.15, 0.2) is 35.3 Å². The van der Waals surface area contributed by atoms with Crippen LogP contribution in [-0.4, -0.2) is 27.8 Å². The van der Waals surface area contributed by atoms with Crippen molar-refractivity contribution in [2.75, 3.05) is 5.75 Å². The molecular formula is C15H19ClN2OS. The van der Waals surface area contributed by atoms with Crippen molar-refractivity contribution in [2.24, 2.45) is 4.99 Å². The van der Waals surface area contributed by atoms with E-state index in [1.165, 1.54) is 19.3 Å². The first-order valence-electron chi connectivity index (χ1n) is 6.93.